The first-order chi connectivity index (χ1) is 4.85. The molecule has 0 radical (unpaired) electrons. The molecule has 0 rings (SSSR count). The van der Waals surface area contributed by atoms with Gasteiger partial charge in [-0.25, -0.2) is 0 Å². The second kappa shape index (κ2) is 6.79. The largest absolute Gasteiger partial charge is 0.398 e. The summed E-state index contributed by atoms with van der Waals surface area (Å²) in [5, 5.41) is 0. The lowest BCUT2D eigenvalue weighted by Crippen LogP contribution is -2.31. The molecule has 0 aromatic heterocycles. The Labute approximate surface area is 71.1 Å². The quantitative estimate of drug-likeness (QED) is 0.651. The molecule has 0 spiro atoms. The van der Waals surface area contributed by atoms with E-state index in [2.05, 4.69) is 0 Å². The van der Waals surface area contributed by atoms with Crippen LogP contribution < -0.4 is 5.73 Å². The molecular formula is C7H21NO2Si. The highest BCUT2D eigenvalue weighted by molar-refractivity contribution is 6.64. The van der Waals surface area contributed by atoms with Crippen molar-refractivity contribution in [2.24, 2.45) is 5.73 Å². The van der Waals surface area contributed by atoms with E-state index in [9.17, 15) is 0 Å². The van der Waals surface area contributed by atoms with Crippen molar-refractivity contribution in [3.05, 3.63) is 0 Å². The van der Waals surface area contributed by atoms with E-state index in [0.29, 0.717) is 6.04 Å². The molecule has 0 aliphatic carbocycles. The average Bonchev–Trinajstić information content (AvgIpc) is 1.87. The van der Waals surface area contributed by atoms with Crippen molar-refractivity contribution in [2.45, 2.75) is 33.0 Å². The molecule has 0 fully saturated rings. The van der Waals surface area contributed by atoms with E-state index < -0.39 is 8.56 Å². The zero-order valence-electron chi connectivity index (χ0n) is 8.47. The molecule has 0 aliphatic rings. The molecular weight excluding hydrogens is 158 g/mol. The molecule has 0 unspecified atom stereocenters. The van der Waals surface area contributed by atoms with Crippen LogP contribution >= 0.6 is 0 Å². The second-order valence-electron chi connectivity index (χ2n) is 3.05. The minimum atomic E-state index is -1.65. The summed E-state index contributed by atoms with van der Waals surface area (Å²) in [5.41, 5.74) is 5.11. The van der Waals surface area contributed by atoms with Crippen LogP contribution in [0, 0.1) is 0 Å². The summed E-state index contributed by atoms with van der Waals surface area (Å²) in [5.74, 6) is 0. The molecule has 3 nitrogen and oxygen atoms in total. The van der Waals surface area contributed by atoms with Crippen LogP contribution in [0.25, 0.3) is 0 Å². The van der Waals surface area contributed by atoms with Crippen molar-refractivity contribution < 1.29 is 8.85 Å². The van der Waals surface area contributed by atoms with E-state index in [1.165, 1.54) is 0 Å². The van der Waals surface area contributed by atoms with Gasteiger partial charge in [0, 0.05) is 14.2 Å². The average molecular weight is 179 g/mol. The van der Waals surface area contributed by atoms with Gasteiger partial charge in [-0.05, 0) is 19.1 Å². The van der Waals surface area contributed by atoms with Crippen molar-refractivity contribution in [3.8, 4) is 0 Å². The van der Waals surface area contributed by atoms with Crippen molar-refractivity contribution in [2.75, 3.05) is 14.2 Å². The Bertz CT molecular complexity index is 77.8. The SMILES string of the molecule is CC(C)N.CO[Si](C)(C)OC. The summed E-state index contributed by atoms with van der Waals surface area (Å²) in [6.45, 7) is 7.88. The topological polar surface area (TPSA) is 44.5 Å². The lowest BCUT2D eigenvalue weighted by atomic mass is 10.5. The Balaban J connectivity index is 0. The highest BCUT2D eigenvalue weighted by Gasteiger charge is 2.19. The molecule has 0 aromatic carbocycles. The Kier molecular flexibility index (Phi) is 8.43. The fraction of sp³-hybridized carbons (Fsp3) is 1.00. The Morgan fingerprint density at radius 3 is 1.27 bits per heavy atom. The highest BCUT2D eigenvalue weighted by atomic mass is 28.4. The molecule has 0 bridgehead atoms. The Morgan fingerprint density at radius 1 is 1.09 bits per heavy atom. The lowest BCUT2D eigenvalue weighted by molar-refractivity contribution is 0.258. The van der Waals surface area contributed by atoms with E-state index >= 15 is 0 Å². The van der Waals surface area contributed by atoms with Crippen LogP contribution in [0.4, 0.5) is 0 Å². The van der Waals surface area contributed by atoms with Gasteiger partial charge in [0.1, 0.15) is 0 Å². The van der Waals surface area contributed by atoms with Gasteiger partial charge in [-0.2, -0.15) is 0 Å². The van der Waals surface area contributed by atoms with Crippen molar-refractivity contribution in [1.82, 2.24) is 0 Å². The van der Waals surface area contributed by atoms with Gasteiger partial charge in [0.2, 0.25) is 0 Å². The molecule has 70 valence electrons. The van der Waals surface area contributed by atoms with Gasteiger partial charge in [-0.15, -0.1) is 0 Å². The third-order valence-corrected chi connectivity index (χ3v) is 2.95. The molecule has 0 atom stereocenters. The molecule has 2 N–H and O–H groups in total. The molecule has 0 saturated heterocycles. The van der Waals surface area contributed by atoms with Gasteiger partial charge >= 0.3 is 8.56 Å². The summed E-state index contributed by atoms with van der Waals surface area (Å²) in [6.07, 6.45) is 0. The summed E-state index contributed by atoms with van der Waals surface area (Å²) in [6, 6.07) is 0.333. The first-order valence-corrected chi connectivity index (χ1v) is 6.53. The van der Waals surface area contributed by atoms with Crippen LogP contribution in [-0.2, 0) is 8.85 Å². The predicted molar refractivity (Wildman–Crippen MR) is 50.8 cm³/mol. The summed E-state index contributed by atoms with van der Waals surface area (Å²) >= 11 is 0. The zero-order valence-corrected chi connectivity index (χ0v) is 9.47. The monoisotopic (exact) mass is 179 g/mol. The van der Waals surface area contributed by atoms with Crippen LogP contribution in [0.15, 0.2) is 0 Å². The van der Waals surface area contributed by atoms with Gasteiger partial charge in [0.25, 0.3) is 0 Å². The molecule has 0 saturated carbocycles. The van der Waals surface area contributed by atoms with Crippen LogP contribution in [0.2, 0.25) is 13.1 Å². The van der Waals surface area contributed by atoms with Gasteiger partial charge in [-0.3, -0.25) is 0 Å². The molecule has 11 heavy (non-hydrogen) atoms. The van der Waals surface area contributed by atoms with Gasteiger partial charge < -0.3 is 14.6 Å². The Hall–Kier alpha value is 0.0969. The van der Waals surface area contributed by atoms with E-state index in [1.807, 2.05) is 26.9 Å². The minimum Gasteiger partial charge on any atom is -0.398 e. The first-order valence-electron chi connectivity index (χ1n) is 3.71. The van der Waals surface area contributed by atoms with Crippen LogP contribution in [0.5, 0.6) is 0 Å². The van der Waals surface area contributed by atoms with Crippen LogP contribution in [0.3, 0.4) is 0 Å². The fourth-order valence-electron chi connectivity index (χ4n) is 0.0833. The molecule has 0 amide bonds. The normalized spacial score (nSPS) is 10.9. The minimum absolute atomic E-state index is 0.333. The van der Waals surface area contributed by atoms with Crippen molar-refractivity contribution >= 4 is 8.56 Å². The Morgan fingerprint density at radius 2 is 1.27 bits per heavy atom. The maximum atomic E-state index is 5.11. The number of rotatable bonds is 2. The fourth-order valence-corrected chi connectivity index (χ4v) is 0.250. The molecule has 0 aromatic rings. The van der Waals surface area contributed by atoms with Gasteiger partial charge in [0.15, 0.2) is 0 Å². The lowest BCUT2D eigenvalue weighted by Gasteiger charge is -2.15. The van der Waals surface area contributed by atoms with Crippen molar-refractivity contribution in [3.63, 3.8) is 0 Å². The van der Waals surface area contributed by atoms with E-state index in [1.54, 1.807) is 14.2 Å². The number of hydrogen-bond donors (Lipinski definition) is 1. The standard InChI is InChI=1S/C4H12O2Si.C3H9N/c1-5-7(3,4)6-2;1-3(2)4/h1-4H3;3H,4H2,1-2H3. The summed E-state index contributed by atoms with van der Waals surface area (Å²) in [7, 11) is 1.70. The third kappa shape index (κ3) is 17.8. The maximum absolute atomic E-state index is 5.11. The third-order valence-electron chi connectivity index (χ3n) is 0.983. The molecule has 0 aliphatic heterocycles. The number of nitrogens with two attached hydrogens (primary N) is 1. The first kappa shape index (κ1) is 13.7. The van der Waals surface area contributed by atoms with Crippen LogP contribution in [-0.4, -0.2) is 28.8 Å². The van der Waals surface area contributed by atoms with E-state index in [0.717, 1.165) is 0 Å². The smallest absolute Gasteiger partial charge is 0.331 e. The van der Waals surface area contributed by atoms with E-state index in [-0.39, 0.29) is 0 Å². The summed E-state index contributed by atoms with van der Waals surface area (Å²) < 4.78 is 10.0. The molecule has 4 heteroatoms. The number of hydrogen-bond acceptors (Lipinski definition) is 3. The van der Waals surface area contributed by atoms with Gasteiger partial charge in [-0.1, -0.05) is 13.8 Å². The predicted octanol–water partition coefficient (Wildman–Crippen LogP) is 1.33. The highest BCUT2D eigenvalue weighted by Crippen LogP contribution is 1.99. The van der Waals surface area contributed by atoms with Crippen LogP contribution in [0.1, 0.15) is 13.8 Å². The molecule has 0 heterocycles. The zero-order chi connectivity index (χ0) is 9.49. The maximum Gasteiger partial charge on any atom is 0.331 e. The van der Waals surface area contributed by atoms with E-state index in [4.69, 9.17) is 14.6 Å². The van der Waals surface area contributed by atoms with Crippen molar-refractivity contribution in [1.29, 1.82) is 0 Å². The van der Waals surface area contributed by atoms with Gasteiger partial charge in [0.05, 0.1) is 0 Å². The second-order valence-corrected chi connectivity index (χ2v) is 6.67. The summed E-state index contributed by atoms with van der Waals surface area (Å²) in [4.78, 5) is 0.